The van der Waals surface area contributed by atoms with Crippen molar-refractivity contribution >= 4 is 34.0 Å². The van der Waals surface area contributed by atoms with Gasteiger partial charge in [-0.1, -0.05) is 24.3 Å². The molecule has 3 aromatic rings. The van der Waals surface area contributed by atoms with E-state index in [1.165, 1.54) is 11.3 Å². The number of aromatic hydroxyl groups is 1. The summed E-state index contributed by atoms with van der Waals surface area (Å²) >= 11 is 1.38. The van der Waals surface area contributed by atoms with Crippen molar-refractivity contribution in [3.63, 3.8) is 0 Å². The van der Waals surface area contributed by atoms with E-state index in [4.69, 9.17) is 0 Å². The van der Waals surface area contributed by atoms with Crippen LogP contribution in [-0.2, 0) is 4.79 Å². The Morgan fingerprint density at radius 3 is 2.62 bits per heavy atom. The number of phenols is 1. The quantitative estimate of drug-likeness (QED) is 0.570. The summed E-state index contributed by atoms with van der Waals surface area (Å²) in [5.41, 5.74) is 2.55. The maximum atomic E-state index is 12.7. The number of aliphatic carboxylic acids is 1. The molecule has 0 saturated carbocycles. The molecule has 1 amide bonds. The minimum absolute atomic E-state index is 0.225. The molecule has 0 atom stereocenters. The van der Waals surface area contributed by atoms with Gasteiger partial charge in [-0.15, -0.1) is 11.3 Å². The second kappa shape index (κ2) is 7.56. The number of hydrogen-bond donors (Lipinski definition) is 3. The topological polar surface area (TPSA) is 86.6 Å². The summed E-state index contributed by atoms with van der Waals surface area (Å²) in [5.74, 6) is -1.09. The Kier molecular flexibility index (Phi) is 4.94. The van der Waals surface area contributed by atoms with Crippen LogP contribution in [0.2, 0.25) is 0 Å². The number of carboxylic acid groups (broad SMARTS) is 1. The first kappa shape index (κ1) is 19.0. The number of carboxylic acids is 1. The fourth-order valence-corrected chi connectivity index (χ4v) is 4.51. The van der Waals surface area contributed by atoms with Crippen molar-refractivity contribution in [2.24, 2.45) is 0 Å². The number of hydrogen-bond acceptors (Lipinski definition) is 4. The van der Waals surface area contributed by atoms with Crippen LogP contribution in [-0.4, -0.2) is 22.1 Å². The summed E-state index contributed by atoms with van der Waals surface area (Å²) in [5, 5.41) is 23.7. The number of fused-ring (bicyclic) bond motifs is 1. The van der Waals surface area contributed by atoms with Crippen molar-refractivity contribution < 1.29 is 19.8 Å². The van der Waals surface area contributed by atoms with E-state index in [0.717, 1.165) is 26.8 Å². The number of amides is 1. The highest BCUT2D eigenvalue weighted by molar-refractivity contribution is 7.17. The highest BCUT2D eigenvalue weighted by Crippen LogP contribution is 2.35. The molecule has 4 rings (SSSR count). The summed E-state index contributed by atoms with van der Waals surface area (Å²) in [6, 6.07) is 13.0. The molecule has 6 heteroatoms. The number of aryl methyl sites for hydroxylation is 1. The third-order valence-corrected chi connectivity index (χ3v) is 6.19. The molecule has 1 aromatic heterocycles. The molecule has 29 heavy (non-hydrogen) atoms. The van der Waals surface area contributed by atoms with Gasteiger partial charge in [0, 0.05) is 4.88 Å². The van der Waals surface area contributed by atoms with E-state index < -0.39 is 5.97 Å². The van der Waals surface area contributed by atoms with Crippen LogP contribution in [0, 0.1) is 6.92 Å². The van der Waals surface area contributed by atoms with Gasteiger partial charge < -0.3 is 15.5 Å². The Morgan fingerprint density at radius 2 is 1.83 bits per heavy atom. The third kappa shape index (κ3) is 3.79. The van der Waals surface area contributed by atoms with E-state index >= 15 is 0 Å². The lowest BCUT2D eigenvalue weighted by Crippen LogP contribution is -2.25. The monoisotopic (exact) mass is 405 g/mol. The fraction of sp³-hybridized carbons (Fsp3) is 0.130. The van der Waals surface area contributed by atoms with Crippen LogP contribution < -0.4 is 5.32 Å². The van der Waals surface area contributed by atoms with Crippen LogP contribution in [0.1, 0.15) is 28.1 Å². The number of allylic oxidation sites excluding steroid dienone is 2. The van der Waals surface area contributed by atoms with E-state index in [9.17, 15) is 19.8 Å². The molecule has 3 N–H and O–H groups in total. The molecule has 146 valence electrons. The molecular weight excluding hydrogens is 386 g/mol. The van der Waals surface area contributed by atoms with Gasteiger partial charge >= 0.3 is 5.97 Å². The van der Waals surface area contributed by atoms with Crippen LogP contribution in [0.4, 0.5) is 0 Å². The lowest BCUT2D eigenvalue weighted by atomic mass is 10.0. The molecule has 0 bridgehead atoms. The summed E-state index contributed by atoms with van der Waals surface area (Å²) in [7, 11) is 0. The molecule has 1 aliphatic rings. The van der Waals surface area contributed by atoms with Crippen molar-refractivity contribution in [1.82, 2.24) is 5.32 Å². The highest BCUT2D eigenvalue weighted by Gasteiger charge is 2.19. The number of benzene rings is 2. The van der Waals surface area contributed by atoms with Gasteiger partial charge in [-0.3, -0.25) is 4.79 Å². The zero-order valence-corrected chi connectivity index (χ0v) is 16.5. The first-order chi connectivity index (χ1) is 13.9. The van der Waals surface area contributed by atoms with Gasteiger partial charge in [0.25, 0.3) is 5.91 Å². The highest BCUT2D eigenvalue weighted by atomic mass is 32.1. The van der Waals surface area contributed by atoms with E-state index in [-0.39, 0.29) is 17.2 Å². The first-order valence-corrected chi connectivity index (χ1v) is 10.0. The molecule has 0 saturated heterocycles. The molecule has 1 aliphatic carbocycles. The van der Waals surface area contributed by atoms with Crippen LogP contribution in [0.3, 0.4) is 0 Å². The maximum absolute atomic E-state index is 12.7. The molecule has 0 unspecified atom stereocenters. The number of carbonyl (C=O) groups is 2. The average Bonchev–Trinajstić information content (AvgIpc) is 3.09. The van der Waals surface area contributed by atoms with Crippen LogP contribution in [0.5, 0.6) is 5.75 Å². The minimum Gasteiger partial charge on any atom is -0.508 e. The van der Waals surface area contributed by atoms with Gasteiger partial charge in [-0.05, 0) is 72.0 Å². The Labute approximate surface area is 171 Å². The van der Waals surface area contributed by atoms with Gasteiger partial charge in [0.2, 0.25) is 0 Å². The molecule has 0 aliphatic heterocycles. The predicted octanol–water partition coefficient (Wildman–Crippen LogP) is 5.00. The molecule has 1 heterocycles. The molecule has 2 aromatic carbocycles. The lowest BCUT2D eigenvalue weighted by Gasteiger charge is -2.13. The second-order valence-electron chi connectivity index (χ2n) is 6.96. The maximum Gasteiger partial charge on any atom is 0.333 e. The molecule has 0 radical (unpaired) electrons. The third-order valence-electron chi connectivity index (χ3n) is 4.90. The number of phenolic OH excluding ortho intramolecular Hbond substituents is 1. The van der Waals surface area contributed by atoms with Crippen molar-refractivity contribution in [1.29, 1.82) is 0 Å². The van der Waals surface area contributed by atoms with Crippen molar-refractivity contribution in [3.05, 3.63) is 76.3 Å². The number of thiophene rings is 1. The average molecular weight is 405 g/mol. The zero-order chi connectivity index (χ0) is 20.5. The minimum atomic E-state index is -1.00. The first-order valence-electron chi connectivity index (χ1n) is 9.20. The molecule has 0 spiro atoms. The van der Waals surface area contributed by atoms with Gasteiger partial charge in [0.15, 0.2) is 0 Å². The molecule has 5 nitrogen and oxygen atoms in total. The van der Waals surface area contributed by atoms with E-state index in [2.05, 4.69) is 5.32 Å². The van der Waals surface area contributed by atoms with E-state index in [1.54, 1.807) is 18.2 Å². The Morgan fingerprint density at radius 1 is 1.07 bits per heavy atom. The normalized spacial score (nSPS) is 13.7. The summed E-state index contributed by atoms with van der Waals surface area (Å²) in [6.45, 7) is 1.95. The largest absolute Gasteiger partial charge is 0.508 e. The number of carbonyl (C=O) groups excluding carboxylic acids is 1. The Balaban J connectivity index is 1.64. The Bertz CT molecular complexity index is 1200. The lowest BCUT2D eigenvalue weighted by molar-refractivity contribution is -0.132. The standard InChI is InChI=1S/C23H19NO4S/c1-13-10-20(22(26)24-19-5-3-2-4-18(19)23(27)28)29-21(13)16-7-6-15-12-17(25)9-8-14(15)11-16/h3,5-12,25H,2,4H2,1H3,(H,24,26)(H,27,28). The van der Waals surface area contributed by atoms with Crippen molar-refractivity contribution in [2.45, 2.75) is 19.8 Å². The SMILES string of the molecule is Cc1cc(C(=O)NC2=C(C(=O)O)CCC=C2)sc1-c1ccc2cc(O)ccc2c1. The van der Waals surface area contributed by atoms with Gasteiger partial charge in [-0.25, -0.2) is 4.79 Å². The fourth-order valence-electron chi connectivity index (χ4n) is 3.44. The second-order valence-corrected chi connectivity index (χ2v) is 8.01. The van der Waals surface area contributed by atoms with E-state index in [1.807, 2.05) is 43.3 Å². The summed E-state index contributed by atoms with van der Waals surface area (Å²) < 4.78 is 0. The number of rotatable bonds is 4. The zero-order valence-electron chi connectivity index (χ0n) is 15.7. The molecular formula is C23H19NO4S. The number of nitrogens with one attached hydrogen (secondary N) is 1. The summed E-state index contributed by atoms with van der Waals surface area (Å²) in [4.78, 5) is 25.6. The van der Waals surface area contributed by atoms with Crippen LogP contribution in [0.15, 0.2) is 65.9 Å². The van der Waals surface area contributed by atoms with Crippen molar-refractivity contribution in [2.75, 3.05) is 0 Å². The summed E-state index contributed by atoms with van der Waals surface area (Å²) in [6.07, 6.45) is 4.58. The van der Waals surface area contributed by atoms with Gasteiger partial charge in [-0.2, -0.15) is 0 Å². The van der Waals surface area contributed by atoms with Crippen LogP contribution >= 0.6 is 11.3 Å². The van der Waals surface area contributed by atoms with Gasteiger partial charge in [0.05, 0.1) is 16.1 Å². The molecule has 0 fully saturated rings. The Hall–Kier alpha value is -3.38. The predicted molar refractivity (Wildman–Crippen MR) is 114 cm³/mol. The van der Waals surface area contributed by atoms with Crippen LogP contribution in [0.25, 0.3) is 21.2 Å². The van der Waals surface area contributed by atoms with Gasteiger partial charge in [0.1, 0.15) is 5.75 Å². The smallest absolute Gasteiger partial charge is 0.333 e. The van der Waals surface area contributed by atoms with Crippen molar-refractivity contribution in [3.8, 4) is 16.2 Å². The van der Waals surface area contributed by atoms with E-state index in [0.29, 0.717) is 23.4 Å².